The van der Waals surface area contributed by atoms with E-state index in [9.17, 15) is 14.4 Å². The van der Waals surface area contributed by atoms with Gasteiger partial charge >= 0.3 is 11.7 Å². The Balaban J connectivity index is 2.24. The van der Waals surface area contributed by atoms with Crippen molar-refractivity contribution in [2.24, 2.45) is 7.05 Å². The predicted molar refractivity (Wildman–Crippen MR) is 83.7 cm³/mol. The second-order valence-electron chi connectivity index (χ2n) is 5.61. The molecule has 1 fully saturated rings. The lowest BCUT2D eigenvalue weighted by Crippen LogP contribution is -2.33. The van der Waals surface area contributed by atoms with Gasteiger partial charge < -0.3 is 9.64 Å². The molecule has 0 aliphatic carbocycles. The summed E-state index contributed by atoms with van der Waals surface area (Å²) in [6.45, 7) is 1.48. The second kappa shape index (κ2) is 5.90. The van der Waals surface area contributed by atoms with Crippen LogP contribution < -0.4 is 16.1 Å². The van der Waals surface area contributed by atoms with Gasteiger partial charge in [-0.05, 0) is 19.3 Å². The number of aromatic amines is 1. The van der Waals surface area contributed by atoms with Crippen LogP contribution in [0.1, 0.15) is 19.3 Å². The lowest BCUT2D eigenvalue weighted by Gasteiger charge is -2.27. The molecule has 0 bridgehead atoms. The van der Waals surface area contributed by atoms with E-state index in [-0.39, 0.29) is 17.7 Å². The maximum Gasteiger partial charge on any atom is 0.329 e. The fourth-order valence-electron chi connectivity index (χ4n) is 2.90. The number of rotatable bonds is 3. The molecular weight excluding hydrogens is 302 g/mol. The number of piperidine rings is 1. The van der Waals surface area contributed by atoms with Crippen LogP contribution >= 0.6 is 0 Å². The van der Waals surface area contributed by atoms with E-state index in [0.29, 0.717) is 5.95 Å². The summed E-state index contributed by atoms with van der Waals surface area (Å²) in [6, 6.07) is 0. The van der Waals surface area contributed by atoms with Crippen LogP contribution in [0.4, 0.5) is 5.95 Å². The number of imidazole rings is 1. The zero-order valence-corrected chi connectivity index (χ0v) is 13.2. The first-order chi connectivity index (χ1) is 11.0. The molecule has 1 aliphatic rings. The fraction of sp³-hybridized carbons (Fsp3) is 0.571. The number of methoxy groups -OCH3 is 1. The lowest BCUT2D eigenvalue weighted by molar-refractivity contribution is -0.141. The van der Waals surface area contributed by atoms with E-state index in [2.05, 4.69) is 9.97 Å². The number of carbonyl (C=O) groups is 1. The van der Waals surface area contributed by atoms with Crippen molar-refractivity contribution in [2.45, 2.75) is 25.8 Å². The van der Waals surface area contributed by atoms with E-state index in [1.807, 2.05) is 4.90 Å². The summed E-state index contributed by atoms with van der Waals surface area (Å²) in [4.78, 5) is 44.5. The first-order valence-corrected chi connectivity index (χ1v) is 7.54. The van der Waals surface area contributed by atoms with Crippen LogP contribution in [0.5, 0.6) is 0 Å². The zero-order chi connectivity index (χ0) is 16.6. The number of anilines is 1. The Bertz CT molecular complexity index is 856. The Labute approximate surface area is 131 Å². The summed E-state index contributed by atoms with van der Waals surface area (Å²) in [5.74, 6) is 0.0487. The molecule has 2 aromatic heterocycles. The van der Waals surface area contributed by atoms with Crippen molar-refractivity contribution in [2.75, 3.05) is 25.1 Å². The molecule has 0 atom stereocenters. The van der Waals surface area contributed by atoms with Crippen LogP contribution in [0.25, 0.3) is 11.2 Å². The zero-order valence-electron chi connectivity index (χ0n) is 13.2. The summed E-state index contributed by atoms with van der Waals surface area (Å²) >= 11 is 0. The molecule has 3 rings (SSSR count). The van der Waals surface area contributed by atoms with Crippen LogP contribution in [0.15, 0.2) is 9.59 Å². The molecule has 2 aromatic rings. The van der Waals surface area contributed by atoms with Gasteiger partial charge in [-0.15, -0.1) is 0 Å². The van der Waals surface area contributed by atoms with E-state index in [4.69, 9.17) is 4.74 Å². The highest BCUT2D eigenvalue weighted by Gasteiger charge is 2.24. The highest BCUT2D eigenvalue weighted by atomic mass is 16.5. The average Bonchev–Trinajstić information content (AvgIpc) is 2.93. The third-order valence-electron chi connectivity index (χ3n) is 4.14. The maximum absolute atomic E-state index is 12.2. The Kier molecular flexibility index (Phi) is 3.93. The van der Waals surface area contributed by atoms with Gasteiger partial charge in [-0.2, -0.15) is 4.98 Å². The normalized spacial score (nSPS) is 15.1. The van der Waals surface area contributed by atoms with Gasteiger partial charge in [0.05, 0.1) is 7.11 Å². The van der Waals surface area contributed by atoms with Gasteiger partial charge in [0.25, 0.3) is 5.56 Å². The molecule has 9 heteroatoms. The molecule has 1 N–H and O–H groups in total. The average molecular weight is 321 g/mol. The van der Waals surface area contributed by atoms with Crippen LogP contribution in [-0.4, -0.2) is 45.3 Å². The molecule has 0 saturated carbocycles. The molecule has 3 heterocycles. The largest absolute Gasteiger partial charge is 0.468 e. The van der Waals surface area contributed by atoms with Crippen molar-refractivity contribution >= 4 is 23.1 Å². The number of aryl methyl sites for hydroxylation is 1. The molecule has 0 amide bonds. The molecule has 23 heavy (non-hydrogen) atoms. The van der Waals surface area contributed by atoms with Crippen LogP contribution in [-0.2, 0) is 23.1 Å². The van der Waals surface area contributed by atoms with Crippen molar-refractivity contribution in [3.05, 3.63) is 20.8 Å². The molecule has 0 unspecified atom stereocenters. The third-order valence-corrected chi connectivity index (χ3v) is 4.14. The van der Waals surface area contributed by atoms with Crippen LogP contribution in [0.3, 0.4) is 0 Å². The number of nitrogens with zero attached hydrogens (tertiary/aromatic N) is 4. The Morgan fingerprint density at radius 3 is 2.61 bits per heavy atom. The Morgan fingerprint density at radius 2 is 1.96 bits per heavy atom. The minimum absolute atomic E-state index is 0.125. The highest BCUT2D eigenvalue weighted by Crippen LogP contribution is 2.22. The molecule has 0 radical (unpaired) electrons. The van der Waals surface area contributed by atoms with Gasteiger partial charge in [-0.3, -0.25) is 23.7 Å². The van der Waals surface area contributed by atoms with E-state index in [1.54, 1.807) is 0 Å². The number of nitrogens with one attached hydrogen (secondary N) is 1. The minimum atomic E-state index is -0.553. The Morgan fingerprint density at radius 1 is 1.26 bits per heavy atom. The van der Waals surface area contributed by atoms with Crippen molar-refractivity contribution in [1.29, 1.82) is 0 Å². The van der Waals surface area contributed by atoms with Gasteiger partial charge in [-0.25, -0.2) is 4.79 Å². The van der Waals surface area contributed by atoms with Gasteiger partial charge in [-0.1, -0.05) is 0 Å². The fourth-order valence-corrected chi connectivity index (χ4v) is 2.90. The number of aromatic nitrogens is 4. The van der Waals surface area contributed by atoms with Crippen LogP contribution in [0, 0.1) is 0 Å². The van der Waals surface area contributed by atoms with E-state index in [0.717, 1.165) is 32.4 Å². The monoisotopic (exact) mass is 321 g/mol. The number of hydrogen-bond acceptors (Lipinski definition) is 6. The number of fused-ring (bicyclic) bond motifs is 1. The molecule has 1 saturated heterocycles. The standard InChI is InChI=1S/C14H19N5O4/c1-17-11-10(12(21)16-14(17)22)19(8-9(20)23-2)13(15-11)18-6-4-3-5-7-18/h3-8H2,1-2H3,(H,16,21,22). The van der Waals surface area contributed by atoms with E-state index < -0.39 is 17.2 Å². The smallest absolute Gasteiger partial charge is 0.329 e. The number of ether oxygens (including phenoxy) is 1. The van der Waals surface area contributed by atoms with Gasteiger partial charge in [0.15, 0.2) is 11.2 Å². The first kappa shape index (κ1) is 15.3. The number of H-pyrrole nitrogens is 1. The van der Waals surface area contributed by atoms with E-state index in [1.165, 1.54) is 23.3 Å². The molecule has 124 valence electrons. The quantitative estimate of drug-likeness (QED) is 0.771. The topological polar surface area (TPSA) is 102 Å². The van der Waals surface area contributed by atoms with Crippen molar-refractivity contribution in [3.8, 4) is 0 Å². The number of esters is 1. The SMILES string of the molecule is COC(=O)Cn1c(N2CCCCC2)nc2c1c(=O)[nH]c(=O)n2C. The van der Waals surface area contributed by atoms with Crippen molar-refractivity contribution in [1.82, 2.24) is 19.1 Å². The van der Waals surface area contributed by atoms with Gasteiger partial charge in [0.1, 0.15) is 6.54 Å². The molecule has 1 aliphatic heterocycles. The number of hydrogen-bond donors (Lipinski definition) is 1. The summed E-state index contributed by atoms with van der Waals surface area (Å²) in [5.41, 5.74) is -0.612. The minimum Gasteiger partial charge on any atom is -0.468 e. The number of carbonyl (C=O) groups excluding carboxylic acids is 1. The second-order valence-corrected chi connectivity index (χ2v) is 5.61. The first-order valence-electron chi connectivity index (χ1n) is 7.54. The molecular formula is C14H19N5O4. The molecule has 9 nitrogen and oxygen atoms in total. The summed E-state index contributed by atoms with van der Waals surface area (Å²) < 4.78 is 7.53. The lowest BCUT2D eigenvalue weighted by atomic mass is 10.1. The maximum atomic E-state index is 12.2. The van der Waals surface area contributed by atoms with E-state index >= 15 is 0 Å². The molecule has 0 aromatic carbocycles. The summed E-state index contributed by atoms with van der Waals surface area (Å²) in [7, 11) is 2.83. The summed E-state index contributed by atoms with van der Waals surface area (Å²) in [5, 5.41) is 0. The summed E-state index contributed by atoms with van der Waals surface area (Å²) in [6.07, 6.45) is 3.19. The van der Waals surface area contributed by atoms with Crippen molar-refractivity contribution in [3.63, 3.8) is 0 Å². The predicted octanol–water partition coefficient (Wildman–Crippen LogP) is -0.413. The third kappa shape index (κ3) is 2.62. The van der Waals surface area contributed by atoms with Crippen molar-refractivity contribution < 1.29 is 9.53 Å². The Hall–Kier alpha value is -2.58. The van der Waals surface area contributed by atoms with Crippen LogP contribution in [0.2, 0.25) is 0 Å². The highest BCUT2D eigenvalue weighted by molar-refractivity contribution is 5.78. The molecule has 0 spiro atoms. The van der Waals surface area contributed by atoms with Gasteiger partial charge in [0.2, 0.25) is 5.95 Å². The van der Waals surface area contributed by atoms with Gasteiger partial charge in [0, 0.05) is 20.1 Å².